The zero-order chi connectivity index (χ0) is 64.4. The lowest BCUT2D eigenvalue weighted by Gasteiger charge is -2.35. The van der Waals surface area contributed by atoms with Gasteiger partial charge in [0, 0.05) is 85.4 Å². The fraction of sp³-hybridized carbons (Fsp3) is 0.375. The Morgan fingerprint density at radius 1 is 0.815 bits per heavy atom. The monoisotopic (exact) mass is 1260 g/mol. The number of nitrogens with zero attached hydrogens (tertiary/aromatic N) is 8. The molecule has 5 aromatic heterocycles. The molecule has 0 radical (unpaired) electrons. The molecule has 92 heavy (non-hydrogen) atoms. The van der Waals surface area contributed by atoms with Crippen LogP contribution in [0.1, 0.15) is 105 Å². The van der Waals surface area contributed by atoms with Crippen LogP contribution in [0.2, 0.25) is 0 Å². The number of ether oxygens (including phenoxy) is 4. The summed E-state index contributed by atoms with van der Waals surface area (Å²) in [4.78, 5) is 62.3. The number of aromatic nitrogens is 7. The number of β-amino-alcohol motifs (C(OH)–C–C–N with tert-alkyl or cyclic N) is 1. The summed E-state index contributed by atoms with van der Waals surface area (Å²) in [5.41, 5.74) is 16.1. The number of anilines is 1. The van der Waals surface area contributed by atoms with Crippen LogP contribution in [-0.2, 0) is 54.7 Å². The second kappa shape index (κ2) is 32.0. The number of carbonyl (C=O) groups excluding carboxylic acids is 3. The number of aliphatic hydroxyl groups excluding tert-OH is 1. The Bertz CT molecular complexity index is 3840. The Labute approximate surface area is 542 Å². The molecule has 2 aliphatic rings. The zero-order valence-corrected chi connectivity index (χ0v) is 54.2. The largest absolute Gasteiger partial charge is 0.493 e. The molecule has 480 valence electrons. The van der Waals surface area contributed by atoms with Gasteiger partial charge in [-0.25, -0.2) is 9.97 Å². The molecule has 3 atom stereocenters. The molecule has 0 spiro atoms. The number of carbonyl (C=O) groups is 3. The molecular formula is C72H83N11O8S. The minimum absolute atomic E-state index is 0.00838. The van der Waals surface area contributed by atoms with Gasteiger partial charge >= 0.3 is 0 Å². The highest BCUT2D eigenvalue weighted by molar-refractivity contribution is 7.13. The molecule has 1 saturated heterocycles. The van der Waals surface area contributed by atoms with Crippen molar-refractivity contribution in [1.82, 2.24) is 50.5 Å². The van der Waals surface area contributed by atoms with Crippen molar-refractivity contribution in [2.24, 2.45) is 5.41 Å². The second-order valence-electron chi connectivity index (χ2n) is 24.3. The Morgan fingerprint density at radius 3 is 2.36 bits per heavy atom. The van der Waals surface area contributed by atoms with Crippen LogP contribution >= 0.6 is 11.3 Å². The second-order valence-corrected chi connectivity index (χ2v) is 25.1. The van der Waals surface area contributed by atoms with Crippen molar-refractivity contribution >= 4 is 53.1 Å². The molecule has 4 N–H and O–H groups in total. The minimum Gasteiger partial charge on any atom is -0.493 e. The molecule has 0 saturated carbocycles. The maximum atomic E-state index is 14.0. The zero-order valence-electron chi connectivity index (χ0n) is 53.4. The third kappa shape index (κ3) is 17.8. The third-order valence-electron chi connectivity index (χ3n) is 16.1. The van der Waals surface area contributed by atoms with Crippen molar-refractivity contribution in [3.8, 4) is 49.8 Å². The summed E-state index contributed by atoms with van der Waals surface area (Å²) >= 11 is 1.57. The normalized spacial score (nSPS) is 15.0. The summed E-state index contributed by atoms with van der Waals surface area (Å²) in [6, 6.07) is 29.2. The van der Waals surface area contributed by atoms with Gasteiger partial charge in [-0.3, -0.25) is 29.0 Å². The van der Waals surface area contributed by atoms with E-state index < -0.39 is 29.5 Å². The van der Waals surface area contributed by atoms with Crippen LogP contribution in [0.5, 0.6) is 5.75 Å². The van der Waals surface area contributed by atoms with Crippen molar-refractivity contribution in [2.75, 3.05) is 58.0 Å². The summed E-state index contributed by atoms with van der Waals surface area (Å²) in [5.74, 6) is 0.447. The van der Waals surface area contributed by atoms with Crippen LogP contribution in [0.15, 0.2) is 127 Å². The van der Waals surface area contributed by atoms with Crippen molar-refractivity contribution in [2.45, 2.75) is 118 Å². The number of allylic oxidation sites excluding steroid dienone is 1. The molecule has 3 aromatic carbocycles. The van der Waals surface area contributed by atoms with Crippen LogP contribution in [0.25, 0.3) is 62.3 Å². The molecule has 0 unspecified atom stereocenters. The number of hydrogen-bond acceptors (Lipinski definition) is 16. The number of rotatable bonds is 30. The molecule has 1 fully saturated rings. The standard InChI is InChI=1S/C72H83N11O8S/c1-7-30-91-63-16-11-10-15-61(63)66-48(2)36-58(43-75-66)67-55(24-18-50-17-21-52-13-8-9-14-54(52)37-50)38-57(42-76-67)56-25-26-64(74-41-56)73-28-12-29-82-44-59(80-81-82)46-90-35-34-89-33-32-88-31-27-65(85)79-69(72(4,5)6)71(87)83-45-60(84)39-62(83)70(86)77-40-51-19-22-53(23-20-51)68-49(3)78-47-92-68/h8,10-11,13,15-26,36-38,41-44,47,60,62,69,84H,7,9,12,14,27-35,39-40,45-46H2,1-6H3,(H,73,74)(H,77,86)(H,79,85)/b24-18+/t60-,62+,69-/m1/s1. The van der Waals surface area contributed by atoms with Gasteiger partial charge in [-0.1, -0.05) is 112 Å². The fourth-order valence-electron chi connectivity index (χ4n) is 11.2. The topological polar surface area (TPSA) is 230 Å². The van der Waals surface area contributed by atoms with Crippen molar-refractivity contribution in [3.05, 3.63) is 172 Å². The van der Waals surface area contributed by atoms with Crippen LogP contribution in [0.4, 0.5) is 5.82 Å². The number of para-hydroxylation sites is 1. The number of thiazole rings is 1. The van der Waals surface area contributed by atoms with Gasteiger partial charge in [0.1, 0.15) is 29.3 Å². The first-order valence-corrected chi connectivity index (χ1v) is 32.6. The lowest BCUT2D eigenvalue weighted by Crippen LogP contribution is -2.57. The van der Waals surface area contributed by atoms with Gasteiger partial charge in [0.25, 0.3) is 0 Å². The smallest absolute Gasteiger partial charge is 0.246 e. The Morgan fingerprint density at radius 2 is 1.59 bits per heavy atom. The number of aliphatic hydroxyl groups is 1. The van der Waals surface area contributed by atoms with Crippen molar-refractivity contribution in [1.29, 1.82) is 0 Å². The van der Waals surface area contributed by atoms with E-state index in [4.69, 9.17) is 33.9 Å². The molecule has 1 aliphatic heterocycles. The van der Waals surface area contributed by atoms with Gasteiger partial charge < -0.3 is 44.9 Å². The van der Waals surface area contributed by atoms with E-state index in [2.05, 4.69) is 112 Å². The molecule has 3 amide bonds. The Kier molecular flexibility index (Phi) is 23.0. The van der Waals surface area contributed by atoms with Crippen LogP contribution in [0, 0.1) is 19.3 Å². The SMILES string of the molecule is CCCOc1ccccc1-c1ncc(-c2ncc(-c3ccc(NCCCn4cc(COCCOCCOCCC(=O)N[C@H](C(=O)N5C[C@H](O)C[C@H]5C(=O)NCc5ccc(-c6scnc6C)cc5)C(C)(C)C)nn4)nc3)cc2/C=C/c2ccc3c(c2)CCC=C3)cc1C. The van der Waals surface area contributed by atoms with E-state index in [-0.39, 0.29) is 57.6 Å². The number of pyridine rings is 3. The van der Waals surface area contributed by atoms with E-state index in [1.807, 2.05) is 107 Å². The number of benzene rings is 3. The number of fused-ring (bicyclic) bond motifs is 1. The molecular weight excluding hydrogens is 1180 g/mol. The maximum Gasteiger partial charge on any atom is 0.246 e. The predicted octanol–water partition coefficient (Wildman–Crippen LogP) is 11.4. The molecule has 0 bridgehead atoms. The Hall–Kier alpha value is -8.79. The molecule has 19 nitrogen and oxygen atoms in total. The molecule has 1 aliphatic carbocycles. The highest BCUT2D eigenvalue weighted by atomic mass is 32.1. The maximum absolute atomic E-state index is 14.0. The number of hydrogen-bond donors (Lipinski definition) is 4. The van der Waals surface area contributed by atoms with E-state index in [9.17, 15) is 19.5 Å². The average molecular weight is 1260 g/mol. The van der Waals surface area contributed by atoms with E-state index in [0.717, 1.165) is 109 Å². The number of likely N-dealkylation sites (tertiary alicyclic amines) is 1. The minimum atomic E-state index is -0.937. The summed E-state index contributed by atoms with van der Waals surface area (Å²) < 4.78 is 25.0. The first kappa shape index (κ1) is 66.1. The lowest BCUT2D eigenvalue weighted by molar-refractivity contribution is -0.144. The highest BCUT2D eigenvalue weighted by Crippen LogP contribution is 2.36. The van der Waals surface area contributed by atoms with Crippen LogP contribution < -0.4 is 20.7 Å². The molecule has 6 heterocycles. The number of amides is 3. The van der Waals surface area contributed by atoms with Gasteiger partial charge in [0.05, 0.1) is 86.0 Å². The van der Waals surface area contributed by atoms with Gasteiger partial charge in [-0.05, 0) is 115 Å². The summed E-state index contributed by atoms with van der Waals surface area (Å²) in [6.07, 6.45) is 19.4. The first-order valence-electron chi connectivity index (χ1n) is 31.7. The van der Waals surface area contributed by atoms with Crippen LogP contribution in [0.3, 0.4) is 0 Å². The van der Waals surface area contributed by atoms with Crippen molar-refractivity contribution in [3.63, 3.8) is 0 Å². The van der Waals surface area contributed by atoms with Gasteiger partial charge in [0.2, 0.25) is 17.7 Å². The van der Waals surface area contributed by atoms with Crippen molar-refractivity contribution < 1.29 is 38.4 Å². The highest BCUT2D eigenvalue weighted by Gasteiger charge is 2.44. The summed E-state index contributed by atoms with van der Waals surface area (Å²) in [7, 11) is 0. The summed E-state index contributed by atoms with van der Waals surface area (Å²) in [6.45, 7) is 15.6. The molecule has 8 aromatic rings. The lowest BCUT2D eigenvalue weighted by atomic mass is 9.85. The van der Waals surface area contributed by atoms with Gasteiger partial charge in [-0.15, -0.1) is 16.4 Å². The van der Waals surface area contributed by atoms with E-state index in [1.165, 1.54) is 16.0 Å². The fourth-order valence-corrected chi connectivity index (χ4v) is 12.0. The first-order chi connectivity index (χ1) is 44.7. The molecule has 10 rings (SSSR count). The average Bonchev–Trinajstić information content (AvgIpc) is 1.67. The number of aryl methyl sites for hydroxylation is 4. The van der Waals surface area contributed by atoms with E-state index in [0.29, 0.717) is 45.2 Å². The molecule has 20 heteroatoms. The predicted molar refractivity (Wildman–Crippen MR) is 360 cm³/mol. The third-order valence-corrected chi connectivity index (χ3v) is 17.1. The Balaban J connectivity index is 0.619. The van der Waals surface area contributed by atoms with E-state index >= 15 is 0 Å². The van der Waals surface area contributed by atoms with E-state index in [1.54, 1.807) is 16.0 Å². The van der Waals surface area contributed by atoms with Crippen LogP contribution in [-0.4, -0.2) is 134 Å². The summed E-state index contributed by atoms with van der Waals surface area (Å²) in [5, 5.41) is 28.4. The quantitative estimate of drug-likeness (QED) is 0.0307. The van der Waals surface area contributed by atoms with Gasteiger partial charge in [-0.2, -0.15) is 0 Å². The van der Waals surface area contributed by atoms with Gasteiger partial charge in [0.15, 0.2) is 0 Å². The number of nitrogens with one attached hydrogen (secondary N) is 3.